The molecule has 0 aliphatic rings. The first-order valence-electron chi connectivity index (χ1n) is 5.37. The second-order valence-electron chi connectivity index (χ2n) is 3.82. The van der Waals surface area contributed by atoms with Crippen LogP contribution < -0.4 is 0 Å². The first-order valence-corrected chi connectivity index (χ1v) is 5.75. The molecule has 2 heterocycles. The number of aromatic nitrogens is 2. The molecule has 0 saturated carbocycles. The largest absolute Gasteiger partial charge is 0.461 e. The molecule has 0 amide bonds. The number of pyridine rings is 1. The van der Waals surface area contributed by atoms with Crippen LogP contribution in [-0.2, 0) is 4.74 Å². The first kappa shape index (κ1) is 11.9. The summed E-state index contributed by atoms with van der Waals surface area (Å²) in [6.45, 7) is 5.84. The molecule has 0 atom stereocenters. The van der Waals surface area contributed by atoms with Crippen LogP contribution >= 0.6 is 11.6 Å². The van der Waals surface area contributed by atoms with Crippen LogP contribution in [0.1, 0.15) is 28.7 Å². The van der Waals surface area contributed by atoms with Crippen molar-refractivity contribution < 1.29 is 9.53 Å². The van der Waals surface area contributed by atoms with Gasteiger partial charge in [0, 0.05) is 11.1 Å². The van der Waals surface area contributed by atoms with Crippen molar-refractivity contribution in [1.82, 2.24) is 9.97 Å². The van der Waals surface area contributed by atoms with Gasteiger partial charge in [0.2, 0.25) is 0 Å². The second-order valence-corrected chi connectivity index (χ2v) is 4.18. The number of H-pyrrole nitrogens is 1. The van der Waals surface area contributed by atoms with E-state index in [2.05, 4.69) is 9.97 Å². The molecule has 2 aromatic rings. The summed E-state index contributed by atoms with van der Waals surface area (Å²) >= 11 is 6.03. The van der Waals surface area contributed by atoms with E-state index in [1.165, 1.54) is 0 Å². The maximum absolute atomic E-state index is 11.7. The Morgan fingerprint density at radius 1 is 1.53 bits per heavy atom. The second kappa shape index (κ2) is 4.37. The van der Waals surface area contributed by atoms with Crippen LogP contribution in [0.2, 0.25) is 5.15 Å². The fourth-order valence-corrected chi connectivity index (χ4v) is 2.09. The molecule has 0 fully saturated rings. The quantitative estimate of drug-likeness (QED) is 0.660. The standard InChI is InChI=1S/C12H13ClN2O2/c1-4-17-12(16)9-7(3)8-5-6(2)14-11(13)10(8)15-9/h5,15H,4H2,1-3H3. The van der Waals surface area contributed by atoms with E-state index in [1.807, 2.05) is 19.9 Å². The number of ether oxygens (including phenoxy) is 1. The Morgan fingerprint density at radius 2 is 2.24 bits per heavy atom. The van der Waals surface area contributed by atoms with Gasteiger partial charge in [0.25, 0.3) is 0 Å². The zero-order chi connectivity index (χ0) is 12.6. The van der Waals surface area contributed by atoms with E-state index in [0.29, 0.717) is 23.0 Å². The molecule has 0 unspecified atom stereocenters. The highest BCUT2D eigenvalue weighted by Crippen LogP contribution is 2.27. The molecule has 5 heteroatoms. The SMILES string of the molecule is CCOC(=O)c1[nH]c2c(Cl)nc(C)cc2c1C. The van der Waals surface area contributed by atoms with Gasteiger partial charge in [0.05, 0.1) is 12.1 Å². The minimum absolute atomic E-state index is 0.346. The highest BCUT2D eigenvalue weighted by Gasteiger charge is 2.17. The normalized spacial score (nSPS) is 10.8. The molecular formula is C12H13ClN2O2. The van der Waals surface area contributed by atoms with E-state index in [-0.39, 0.29) is 5.97 Å². The van der Waals surface area contributed by atoms with Crippen LogP contribution in [0.3, 0.4) is 0 Å². The lowest BCUT2D eigenvalue weighted by Crippen LogP contribution is -2.06. The molecule has 17 heavy (non-hydrogen) atoms. The van der Waals surface area contributed by atoms with Crippen molar-refractivity contribution in [3.63, 3.8) is 0 Å². The Kier molecular flexibility index (Phi) is 3.07. The Balaban J connectivity index is 2.64. The summed E-state index contributed by atoms with van der Waals surface area (Å²) in [5, 5.41) is 1.28. The number of halogens is 1. The van der Waals surface area contributed by atoms with Gasteiger partial charge in [-0.15, -0.1) is 0 Å². The number of esters is 1. The van der Waals surface area contributed by atoms with E-state index in [1.54, 1.807) is 6.92 Å². The fraction of sp³-hybridized carbons (Fsp3) is 0.333. The third-order valence-electron chi connectivity index (χ3n) is 2.61. The van der Waals surface area contributed by atoms with Crippen LogP contribution in [0, 0.1) is 13.8 Å². The number of hydrogen-bond donors (Lipinski definition) is 1. The smallest absolute Gasteiger partial charge is 0.355 e. The van der Waals surface area contributed by atoms with Crippen molar-refractivity contribution in [3.05, 3.63) is 28.2 Å². The van der Waals surface area contributed by atoms with Crippen molar-refractivity contribution in [2.75, 3.05) is 6.61 Å². The van der Waals surface area contributed by atoms with E-state index < -0.39 is 0 Å². The topological polar surface area (TPSA) is 55.0 Å². The highest BCUT2D eigenvalue weighted by atomic mass is 35.5. The van der Waals surface area contributed by atoms with Crippen LogP contribution in [-0.4, -0.2) is 22.5 Å². The van der Waals surface area contributed by atoms with E-state index in [4.69, 9.17) is 16.3 Å². The van der Waals surface area contributed by atoms with Gasteiger partial charge >= 0.3 is 5.97 Å². The highest BCUT2D eigenvalue weighted by molar-refractivity contribution is 6.34. The van der Waals surface area contributed by atoms with Gasteiger partial charge in [0.1, 0.15) is 5.69 Å². The van der Waals surface area contributed by atoms with Gasteiger partial charge in [0.15, 0.2) is 5.15 Å². The molecule has 0 aromatic carbocycles. The zero-order valence-corrected chi connectivity index (χ0v) is 10.7. The monoisotopic (exact) mass is 252 g/mol. The van der Waals surface area contributed by atoms with Crippen molar-refractivity contribution in [2.45, 2.75) is 20.8 Å². The number of nitrogens with zero attached hydrogens (tertiary/aromatic N) is 1. The fourth-order valence-electron chi connectivity index (χ4n) is 1.81. The Hall–Kier alpha value is -1.55. The summed E-state index contributed by atoms with van der Waals surface area (Å²) in [4.78, 5) is 18.8. The molecular weight excluding hydrogens is 240 g/mol. The molecule has 0 aliphatic heterocycles. The number of hydrogen-bond acceptors (Lipinski definition) is 3. The molecule has 0 radical (unpaired) electrons. The molecule has 2 aromatic heterocycles. The summed E-state index contributed by atoms with van der Waals surface area (Å²) in [5.41, 5.74) is 2.78. The van der Waals surface area contributed by atoms with E-state index in [0.717, 1.165) is 16.6 Å². The lowest BCUT2D eigenvalue weighted by atomic mass is 10.1. The number of aromatic amines is 1. The maximum Gasteiger partial charge on any atom is 0.355 e. The van der Waals surface area contributed by atoms with Crippen molar-refractivity contribution in [3.8, 4) is 0 Å². The molecule has 0 bridgehead atoms. The predicted molar refractivity (Wildman–Crippen MR) is 66.5 cm³/mol. The van der Waals surface area contributed by atoms with Gasteiger partial charge in [-0.1, -0.05) is 11.6 Å². The van der Waals surface area contributed by atoms with Gasteiger partial charge in [-0.3, -0.25) is 0 Å². The summed E-state index contributed by atoms with van der Waals surface area (Å²) in [6.07, 6.45) is 0. The minimum Gasteiger partial charge on any atom is -0.461 e. The third-order valence-corrected chi connectivity index (χ3v) is 2.89. The minimum atomic E-state index is -0.366. The third kappa shape index (κ3) is 2.00. The summed E-state index contributed by atoms with van der Waals surface area (Å²) in [6, 6.07) is 1.90. The van der Waals surface area contributed by atoms with Crippen molar-refractivity contribution >= 4 is 28.5 Å². The number of fused-ring (bicyclic) bond motifs is 1. The number of rotatable bonds is 2. The zero-order valence-electron chi connectivity index (χ0n) is 9.93. The van der Waals surface area contributed by atoms with Crippen LogP contribution in [0.4, 0.5) is 0 Å². The van der Waals surface area contributed by atoms with Gasteiger partial charge in [-0.2, -0.15) is 0 Å². The molecule has 0 saturated heterocycles. The van der Waals surface area contributed by atoms with Crippen LogP contribution in [0.5, 0.6) is 0 Å². The number of carbonyl (C=O) groups is 1. The Labute approximate surface area is 104 Å². The summed E-state index contributed by atoms with van der Waals surface area (Å²) in [7, 11) is 0. The Morgan fingerprint density at radius 3 is 2.88 bits per heavy atom. The average Bonchev–Trinajstić information content (AvgIpc) is 2.57. The molecule has 90 valence electrons. The molecule has 4 nitrogen and oxygen atoms in total. The van der Waals surface area contributed by atoms with Gasteiger partial charge in [-0.25, -0.2) is 9.78 Å². The molecule has 1 N–H and O–H groups in total. The molecule has 2 rings (SSSR count). The first-order chi connectivity index (χ1) is 8.04. The van der Waals surface area contributed by atoms with Crippen LogP contribution in [0.15, 0.2) is 6.07 Å². The maximum atomic E-state index is 11.7. The lowest BCUT2D eigenvalue weighted by molar-refractivity contribution is 0.0520. The summed E-state index contributed by atoms with van der Waals surface area (Å²) in [5.74, 6) is -0.366. The predicted octanol–water partition coefficient (Wildman–Crippen LogP) is 3.01. The molecule has 0 aliphatic carbocycles. The van der Waals surface area contributed by atoms with Gasteiger partial charge in [-0.05, 0) is 32.4 Å². The Bertz CT molecular complexity index is 590. The van der Waals surface area contributed by atoms with Gasteiger partial charge < -0.3 is 9.72 Å². The number of nitrogens with one attached hydrogen (secondary N) is 1. The van der Waals surface area contributed by atoms with Crippen LogP contribution in [0.25, 0.3) is 10.9 Å². The van der Waals surface area contributed by atoms with E-state index >= 15 is 0 Å². The summed E-state index contributed by atoms with van der Waals surface area (Å²) < 4.78 is 4.97. The van der Waals surface area contributed by atoms with Crippen molar-refractivity contribution in [1.29, 1.82) is 0 Å². The number of aryl methyl sites for hydroxylation is 2. The lowest BCUT2D eigenvalue weighted by Gasteiger charge is -1.99. The van der Waals surface area contributed by atoms with Crippen molar-refractivity contribution in [2.24, 2.45) is 0 Å². The van der Waals surface area contributed by atoms with E-state index in [9.17, 15) is 4.79 Å². The average molecular weight is 253 g/mol. The number of carbonyl (C=O) groups excluding carboxylic acids is 1. The molecule has 0 spiro atoms.